The van der Waals surface area contributed by atoms with Gasteiger partial charge in [0.2, 0.25) is 0 Å². The molecule has 1 fully saturated rings. The van der Waals surface area contributed by atoms with E-state index in [1.807, 2.05) is 53.6 Å². The van der Waals surface area contributed by atoms with Gasteiger partial charge >= 0.3 is 0 Å². The van der Waals surface area contributed by atoms with Crippen LogP contribution >= 0.6 is 0 Å². The van der Waals surface area contributed by atoms with E-state index >= 15 is 0 Å². The molecule has 1 saturated heterocycles. The number of rotatable bonds is 5. The van der Waals surface area contributed by atoms with Crippen LogP contribution in [0.25, 0.3) is 5.69 Å². The second-order valence-corrected chi connectivity index (χ2v) is 7.92. The molecule has 1 aliphatic rings. The summed E-state index contributed by atoms with van der Waals surface area (Å²) in [4.78, 5) is 38.5. The monoisotopic (exact) mass is 463 g/mol. The van der Waals surface area contributed by atoms with Crippen LogP contribution in [0.4, 0.5) is 11.4 Å². The largest absolute Gasteiger partial charge is 0.378 e. The number of nitro groups is 1. The molecule has 10 nitrogen and oxygen atoms in total. The van der Waals surface area contributed by atoms with Gasteiger partial charge < -0.3 is 14.2 Å². The van der Waals surface area contributed by atoms with E-state index in [-0.39, 0.29) is 11.3 Å². The lowest BCUT2D eigenvalue weighted by Crippen LogP contribution is -2.43. The van der Waals surface area contributed by atoms with Crippen LogP contribution in [0.15, 0.2) is 54.6 Å². The number of anilines is 1. The molecule has 0 saturated carbocycles. The van der Waals surface area contributed by atoms with E-state index in [4.69, 9.17) is 4.74 Å². The van der Waals surface area contributed by atoms with Crippen LogP contribution in [-0.2, 0) is 4.74 Å². The van der Waals surface area contributed by atoms with Gasteiger partial charge in [-0.3, -0.25) is 30.6 Å². The third-order valence-corrected chi connectivity index (χ3v) is 5.77. The smallest absolute Gasteiger partial charge is 0.272 e. The van der Waals surface area contributed by atoms with Gasteiger partial charge in [0.25, 0.3) is 17.5 Å². The zero-order valence-electron chi connectivity index (χ0n) is 18.9. The minimum absolute atomic E-state index is 0.103. The molecule has 2 aromatic carbocycles. The molecule has 0 atom stereocenters. The van der Waals surface area contributed by atoms with E-state index < -0.39 is 16.7 Å². The molecule has 34 heavy (non-hydrogen) atoms. The highest BCUT2D eigenvalue weighted by molar-refractivity contribution is 6.03. The van der Waals surface area contributed by atoms with E-state index in [9.17, 15) is 19.7 Å². The number of hydrogen-bond acceptors (Lipinski definition) is 6. The Labute approximate surface area is 196 Å². The number of hydrogen-bond donors (Lipinski definition) is 2. The summed E-state index contributed by atoms with van der Waals surface area (Å²) in [5.74, 6) is -1.13. The van der Waals surface area contributed by atoms with E-state index in [2.05, 4.69) is 10.9 Å². The molecule has 176 valence electrons. The molecule has 0 aliphatic carbocycles. The summed E-state index contributed by atoms with van der Waals surface area (Å²) in [6.07, 6.45) is 0. The fraction of sp³-hybridized carbons (Fsp3) is 0.250. The van der Waals surface area contributed by atoms with Crippen molar-refractivity contribution in [2.45, 2.75) is 13.8 Å². The lowest BCUT2D eigenvalue weighted by atomic mass is 10.1. The maximum absolute atomic E-state index is 13.0. The highest BCUT2D eigenvalue weighted by atomic mass is 16.6. The maximum Gasteiger partial charge on any atom is 0.272 e. The Morgan fingerprint density at radius 3 is 2.24 bits per heavy atom. The van der Waals surface area contributed by atoms with Crippen molar-refractivity contribution in [1.82, 2.24) is 15.4 Å². The van der Waals surface area contributed by atoms with Gasteiger partial charge in [-0.2, -0.15) is 0 Å². The summed E-state index contributed by atoms with van der Waals surface area (Å²) in [6, 6.07) is 15.5. The number of ether oxygens (including phenoxy) is 1. The number of carbonyl (C=O) groups excluding carboxylic acids is 2. The highest BCUT2D eigenvalue weighted by Crippen LogP contribution is 2.26. The zero-order chi connectivity index (χ0) is 24.2. The number of aryl methyl sites for hydroxylation is 1. The number of non-ortho nitro benzene ring substituents is 1. The van der Waals surface area contributed by atoms with Crippen LogP contribution in [-0.4, -0.2) is 47.6 Å². The molecule has 10 heteroatoms. The van der Waals surface area contributed by atoms with Crippen molar-refractivity contribution in [2.24, 2.45) is 0 Å². The standard InChI is InChI=1S/C24H25N5O5/c1-16-14-20(17(2)28(16)18-6-4-3-5-7-18)23(30)25-26-24(31)21-15-19(29(32)33)8-9-22(21)27-10-12-34-13-11-27/h3-9,14-15H,10-13H2,1-2H3,(H,25,30)(H,26,31). The van der Waals surface area contributed by atoms with Gasteiger partial charge in [0.1, 0.15) is 0 Å². The Bertz CT molecular complexity index is 1230. The van der Waals surface area contributed by atoms with Gasteiger partial charge in [-0.25, -0.2) is 0 Å². The van der Waals surface area contributed by atoms with Crippen molar-refractivity contribution in [3.8, 4) is 5.69 Å². The summed E-state index contributed by atoms with van der Waals surface area (Å²) in [5, 5.41) is 11.3. The zero-order valence-corrected chi connectivity index (χ0v) is 18.9. The van der Waals surface area contributed by atoms with Crippen molar-refractivity contribution < 1.29 is 19.2 Å². The lowest BCUT2D eigenvalue weighted by Gasteiger charge is -2.30. The Kier molecular flexibility index (Phi) is 6.60. The number of benzene rings is 2. The number of nitrogens with one attached hydrogen (secondary N) is 2. The van der Waals surface area contributed by atoms with Crippen LogP contribution in [0, 0.1) is 24.0 Å². The maximum atomic E-state index is 13.0. The van der Waals surface area contributed by atoms with E-state index in [1.165, 1.54) is 12.1 Å². The van der Waals surface area contributed by atoms with Gasteiger partial charge in [-0.15, -0.1) is 0 Å². The molecule has 2 amide bonds. The number of para-hydroxylation sites is 1. The predicted octanol–water partition coefficient (Wildman–Crippen LogP) is 2.91. The molecule has 4 rings (SSSR count). The van der Waals surface area contributed by atoms with Crippen LogP contribution in [0.1, 0.15) is 32.1 Å². The molecular formula is C24H25N5O5. The average Bonchev–Trinajstić information content (AvgIpc) is 3.16. The van der Waals surface area contributed by atoms with Crippen LogP contribution in [0.5, 0.6) is 0 Å². The van der Waals surface area contributed by atoms with Crippen molar-refractivity contribution in [3.63, 3.8) is 0 Å². The fourth-order valence-electron chi connectivity index (χ4n) is 4.11. The molecule has 0 radical (unpaired) electrons. The quantitative estimate of drug-likeness (QED) is 0.444. The van der Waals surface area contributed by atoms with Crippen molar-refractivity contribution in [1.29, 1.82) is 0 Å². The third-order valence-electron chi connectivity index (χ3n) is 5.77. The van der Waals surface area contributed by atoms with E-state index in [0.29, 0.717) is 37.6 Å². The summed E-state index contributed by atoms with van der Waals surface area (Å²) in [5.41, 5.74) is 8.22. The first-order chi connectivity index (χ1) is 16.4. The van der Waals surface area contributed by atoms with Crippen molar-refractivity contribution in [2.75, 3.05) is 31.2 Å². The van der Waals surface area contributed by atoms with Crippen molar-refractivity contribution >= 4 is 23.2 Å². The molecule has 1 aliphatic heterocycles. The predicted molar refractivity (Wildman–Crippen MR) is 126 cm³/mol. The number of carbonyl (C=O) groups is 2. The molecule has 2 N–H and O–H groups in total. The topological polar surface area (TPSA) is 119 Å². The van der Waals surface area contributed by atoms with E-state index in [1.54, 1.807) is 12.1 Å². The van der Waals surface area contributed by atoms with Crippen molar-refractivity contribution in [3.05, 3.63) is 87.2 Å². The van der Waals surface area contributed by atoms with E-state index in [0.717, 1.165) is 17.1 Å². The van der Waals surface area contributed by atoms with Crippen LogP contribution in [0.2, 0.25) is 0 Å². The van der Waals surface area contributed by atoms with Gasteiger partial charge in [-0.05, 0) is 38.1 Å². The molecule has 0 unspecified atom stereocenters. The minimum atomic E-state index is -0.643. The highest BCUT2D eigenvalue weighted by Gasteiger charge is 2.23. The average molecular weight is 463 g/mol. The minimum Gasteiger partial charge on any atom is -0.378 e. The molecular weight excluding hydrogens is 438 g/mol. The number of aromatic nitrogens is 1. The molecule has 1 aromatic heterocycles. The van der Waals surface area contributed by atoms with Crippen LogP contribution in [0.3, 0.4) is 0 Å². The van der Waals surface area contributed by atoms with Crippen LogP contribution < -0.4 is 15.8 Å². The number of nitrogens with zero attached hydrogens (tertiary/aromatic N) is 3. The molecule has 2 heterocycles. The summed E-state index contributed by atoms with van der Waals surface area (Å²) < 4.78 is 7.31. The number of amides is 2. The molecule has 3 aromatic rings. The number of morpholine rings is 1. The Hall–Kier alpha value is -4.18. The van der Waals surface area contributed by atoms with Gasteiger partial charge in [0, 0.05) is 42.3 Å². The first-order valence-corrected chi connectivity index (χ1v) is 10.8. The summed E-state index contributed by atoms with van der Waals surface area (Å²) in [6.45, 7) is 5.81. The SMILES string of the molecule is Cc1cc(C(=O)NNC(=O)c2cc([N+](=O)[O-])ccc2N2CCOCC2)c(C)n1-c1ccccc1. The summed E-state index contributed by atoms with van der Waals surface area (Å²) in [7, 11) is 0. The second-order valence-electron chi connectivity index (χ2n) is 7.92. The fourth-order valence-corrected chi connectivity index (χ4v) is 4.11. The Morgan fingerprint density at radius 1 is 0.941 bits per heavy atom. The molecule has 0 bridgehead atoms. The number of nitro benzene ring substituents is 1. The number of hydrazine groups is 1. The Morgan fingerprint density at radius 2 is 1.59 bits per heavy atom. The second kappa shape index (κ2) is 9.75. The first kappa shape index (κ1) is 23.0. The van der Waals surface area contributed by atoms with Gasteiger partial charge in [0.15, 0.2) is 0 Å². The van der Waals surface area contributed by atoms with Gasteiger partial charge in [-0.1, -0.05) is 18.2 Å². The Balaban J connectivity index is 1.54. The first-order valence-electron chi connectivity index (χ1n) is 10.8. The van der Waals surface area contributed by atoms with Gasteiger partial charge in [0.05, 0.1) is 35.0 Å². The normalized spacial score (nSPS) is 13.4. The third kappa shape index (κ3) is 4.62. The molecule has 0 spiro atoms. The summed E-state index contributed by atoms with van der Waals surface area (Å²) >= 11 is 0. The lowest BCUT2D eigenvalue weighted by molar-refractivity contribution is -0.384.